The van der Waals surface area contributed by atoms with Crippen molar-refractivity contribution in [1.29, 1.82) is 0 Å². The van der Waals surface area contributed by atoms with E-state index in [0.717, 1.165) is 11.1 Å². The Labute approximate surface area is 202 Å². The summed E-state index contributed by atoms with van der Waals surface area (Å²) in [6.45, 7) is 2.11. The molecule has 0 radical (unpaired) electrons. The predicted molar refractivity (Wildman–Crippen MR) is 127 cm³/mol. The van der Waals surface area contributed by atoms with Gasteiger partial charge in [0.1, 0.15) is 11.2 Å². The molecule has 0 spiro atoms. The SMILES string of the molecule is Cc1ccccc1C1C2C(Cl)(Cl)C2(c2ccccc2)OC2(c3ccccc3)C1C2(Cl)Cl. The van der Waals surface area contributed by atoms with Crippen LogP contribution in [0, 0.1) is 18.8 Å². The Balaban J connectivity index is 1.62. The summed E-state index contributed by atoms with van der Waals surface area (Å²) >= 11 is 28.3. The predicted octanol–water partition coefficient (Wildman–Crippen LogP) is 7.51. The lowest BCUT2D eigenvalue weighted by Crippen LogP contribution is -2.35. The first-order valence-corrected chi connectivity index (χ1v) is 11.9. The van der Waals surface area contributed by atoms with Crippen molar-refractivity contribution >= 4 is 46.4 Å². The molecule has 31 heavy (non-hydrogen) atoms. The molecule has 5 heteroatoms. The molecular formula is C26H20Cl4O. The minimum Gasteiger partial charge on any atom is -0.352 e. The van der Waals surface area contributed by atoms with Crippen LogP contribution < -0.4 is 0 Å². The number of rotatable bonds is 3. The second-order valence-electron chi connectivity index (χ2n) is 8.89. The molecule has 1 aliphatic heterocycles. The van der Waals surface area contributed by atoms with Crippen molar-refractivity contribution in [2.45, 2.75) is 32.7 Å². The summed E-state index contributed by atoms with van der Waals surface area (Å²) in [5, 5.41) is 0. The molecule has 3 fully saturated rings. The molecule has 3 aromatic rings. The highest BCUT2D eigenvalue weighted by atomic mass is 35.5. The average Bonchev–Trinajstić information content (AvgIpc) is 3.51. The number of fused-ring (bicyclic) bond motifs is 2. The lowest BCUT2D eigenvalue weighted by atomic mass is 9.80. The van der Waals surface area contributed by atoms with E-state index in [-0.39, 0.29) is 17.8 Å². The van der Waals surface area contributed by atoms with Crippen molar-refractivity contribution < 1.29 is 4.74 Å². The standard InChI is InChI=1S/C26H20Cl4O/c1-16-10-8-9-15-19(16)20-21-23(25(21,27)28,17-11-4-2-5-12-17)31-24(22(20)26(24,29)30)18-13-6-3-7-14-18/h2-15,20-22H,1H3. The Morgan fingerprint density at radius 3 is 1.48 bits per heavy atom. The van der Waals surface area contributed by atoms with Gasteiger partial charge >= 0.3 is 0 Å². The minimum absolute atomic E-state index is 0.0552. The monoisotopic (exact) mass is 488 g/mol. The number of halogens is 4. The van der Waals surface area contributed by atoms with Gasteiger partial charge in [-0.25, -0.2) is 0 Å². The van der Waals surface area contributed by atoms with Crippen molar-refractivity contribution in [3.63, 3.8) is 0 Å². The summed E-state index contributed by atoms with van der Waals surface area (Å²) in [6.07, 6.45) is 0. The van der Waals surface area contributed by atoms with Gasteiger partial charge in [-0.05, 0) is 29.2 Å². The molecule has 0 N–H and O–H groups in total. The van der Waals surface area contributed by atoms with E-state index in [1.165, 1.54) is 11.1 Å². The van der Waals surface area contributed by atoms with Gasteiger partial charge in [0.15, 0.2) is 8.67 Å². The highest BCUT2D eigenvalue weighted by molar-refractivity contribution is 6.54. The molecule has 0 amide bonds. The van der Waals surface area contributed by atoms with Gasteiger partial charge in [0.05, 0.1) is 0 Å². The second-order valence-corrected chi connectivity index (χ2v) is 11.7. The molecule has 4 atom stereocenters. The van der Waals surface area contributed by atoms with E-state index in [0.29, 0.717) is 0 Å². The minimum atomic E-state index is -1.10. The molecule has 1 saturated heterocycles. The first-order valence-electron chi connectivity index (χ1n) is 10.4. The van der Waals surface area contributed by atoms with Crippen molar-refractivity contribution in [2.75, 3.05) is 0 Å². The summed E-state index contributed by atoms with van der Waals surface area (Å²) in [7, 11) is 0. The van der Waals surface area contributed by atoms with E-state index >= 15 is 0 Å². The van der Waals surface area contributed by atoms with Crippen LogP contribution in [0.4, 0.5) is 0 Å². The smallest absolute Gasteiger partial charge is 0.158 e. The second kappa shape index (κ2) is 6.43. The third-order valence-electron chi connectivity index (χ3n) is 7.47. The molecular weight excluding hydrogens is 470 g/mol. The van der Waals surface area contributed by atoms with E-state index < -0.39 is 19.9 Å². The molecule has 0 aromatic heterocycles. The van der Waals surface area contributed by atoms with Gasteiger partial charge in [-0.3, -0.25) is 0 Å². The molecule has 6 rings (SSSR count). The maximum absolute atomic E-state index is 7.08. The van der Waals surface area contributed by atoms with Crippen LogP contribution >= 0.6 is 46.4 Å². The molecule has 3 aliphatic rings. The lowest BCUT2D eigenvalue weighted by molar-refractivity contribution is -0.100. The fraction of sp³-hybridized carbons (Fsp3) is 0.308. The van der Waals surface area contributed by atoms with Gasteiger partial charge in [-0.15, -0.1) is 0 Å². The highest BCUT2D eigenvalue weighted by Gasteiger charge is 2.95. The van der Waals surface area contributed by atoms with Crippen LogP contribution in [-0.2, 0) is 15.9 Å². The molecule has 4 unspecified atom stereocenters. The fourth-order valence-corrected chi connectivity index (χ4v) is 8.03. The van der Waals surface area contributed by atoms with Crippen LogP contribution in [0.1, 0.15) is 28.2 Å². The third kappa shape index (κ3) is 2.35. The van der Waals surface area contributed by atoms with Crippen LogP contribution in [0.15, 0.2) is 84.9 Å². The molecule has 1 heterocycles. The summed E-state index contributed by atoms with van der Waals surface area (Å²) < 4.78 is 4.78. The number of alkyl halides is 4. The quantitative estimate of drug-likeness (QED) is 0.346. The van der Waals surface area contributed by atoms with Gasteiger partial charge in [0.25, 0.3) is 0 Å². The largest absolute Gasteiger partial charge is 0.352 e. The topological polar surface area (TPSA) is 9.23 Å². The van der Waals surface area contributed by atoms with Gasteiger partial charge < -0.3 is 4.74 Å². The van der Waals surface area contributed by atoms with E-state index in [2.05, 4.69) is 19.1 Å². The summed E-state index contributed by atoms with van der Waals surface area (Å²) in [5.41, 5.74) is 2.45. The zero-order valence-electron chi connectivity index (χ0n) is 16.7. The number of hydrogen-bond donors (Lipinski definition) is 0. The highest BCUT2D eigenvalue weighted by Crippen LogP contribution is 2.89. The Bertz CT molecular complexity index is 1090. The van der Waals surface area contributed by atoms with E-state index in [1.807, 2.05) is 72.8 Å². The normalized spacial score (nSPS) is 36.2. The molecule has 158 valence electrons. The maximum Gasteiger partial charge on any atom is 0.158 e. The number of ether oxygens (including phenoxy) is 1. The Morgan fingerprint density at radius 2 is 1.03 bits per heavy atom. The van der Waals surface area contributed by atoms with E-state index in [4.69, 9.17) is 51.1 Å². The Kier molecular flexibility index (Phi) is 4.23. The van der Waals surface area contributed by atoms with Crippen molar-refractivity contribution in [1.82, 2.24) is 0 Å². The van der Waals surface area contributed by atoms with Gasteiger partial charge in [0.2, 0.25) is 0 Å². The lowest BCUT2D eigenvalue weighted by Gasteiger charge is -2.35. The van der Waals surface area contributed by atoms with E-state index in [9.17, 15) is 0 Å². The molecule has 0 bridgehead atoms. The summed E-state index contributed by atoms with van der Waals surface area (Å²) in [4.78, 5) is 0. The third-order valence-corrected chi connectivity index (χ3v) is 9.54. The van der Waals surface area contributed by atoms with Gasteiger partial charge in [0, 0.05) is 17.8 Å². The number of benzene rings is 3. The zero-order valence-corrected chi connectivity index (χ0v) is 19.8. The Hall–Kier alpha value is -1.22. The first-order chi connectivity index (χ1) is 14.8. The molecule has 2 aliphatic carbocycles. The summed E-state index contributed by atoms with van der Waals surface area (Å²) in [5.74, 6) is -0.401. The van der Waals surface area contributed by atoms with E-state index in [1.54, 1.807) is 0 Å². The Morgan fingerprint density at radius 1 is 0.613 bits per heavy atom. The van der Waals surface area contributed by atoms with Crippen molar-refractivity contribution in [3.8, 4) is 0 Å². The molecule has 2 saturated carbocycles. The van der Waals surface area contributed by atoms with Crippen LogP contribution in [0.3, 0.4) is 0 Å². The first kappa shape index (κ1) is 20.4. The number of hydrogen-bond acceptors (Lipinski definition) is 1. The fourth-order valence-electron chi connectivity index (χ4n) is 6.03. The molecule has 1 nitrogen and oxygen atoms in total. The van der Waals surface area contributed by atoms with Crippen LogP contribution in [0.2, 0.25) is 0 Å². The summed E-state index contributed by atoms with van der Waals surface area (Å²) in [6, 6.07) is 28.3. The van der Waals surface area contributed by atoms with Crippen LogP contribution in [0.25, 0.3) is 0 Å². The molecule has 3 aromatic carbocycles. The maximum atomic E-state index is 7.08. The van der Waals surface area contributed by atoms with Gasteiger partial charge in [-0.1, -0.05) is 131 Å². The van der Waals surface area contributed by atoms with Crippen molar-refractivity contribution in [2.24, 2.45) is 11.8 Å². The van der Waals surface area contributed by atoms with Crippen molar-refractivity contribution in [3.05, 3.63) is 107 Å². The van der Waals surface area contributed by atoms with Crippen LogP contribution in [-0.4, -0.2) is 8.67 Å². The average molecular weight is 490 g/mol. The van der Waals surface area contributed by atoms with Crippen LogP contribution in [0.5, 0.6) is 0 Å². The zero-order chi connectivity index (χ0) is 21.6. The van der Waals surface area contributed by atoms with Gasteiger partial charge in [-0.2, -0.15) is 0 Å². The number of aryl methyl sites for hydroxylation is 1.